The van der Waals surface area contributed by atoms with Gasteiger partial charge in [0.1, 0.15) is 16.8 Å². The number of nitrogen functional groups attached to an aromatic ring is 1. The zero-order chi connectivity index (χ0) is 22.4. The number of fused-ring (bicyclic) bond motifs is 1. The van der Waals surface area contributed by atoms with Crippen molar-refractivity contribution in [1.82, 2.24) is 25.1 Å². The molecule has 0 bridgehead atoms. The van der Waals surface area contributed by atoms with Gasteiger partial charge in [0.05, 0.1) is 5.52 Å². The normalized spacial score (nSPS) is 20.3. The summed E-state index contributed by atoms with van der Waals surface area (Å²) in [6.07, 6.45) is 14.5. The fraction of sp³-hybridized carbons (Fsp3) is 0.261. The molecule has 8 heteroatoms. The molecule has 0 saturated carbocycles. The summed E-state index contributed by atoms with van der Waals surface area (Å²) >= 11 is 0. The summed E-state index contributed by atoms with van der Waals surface area (Å²) in [5.74, 6) is 3.05. The van der Waals surface area contributed by atoms with Gasteiger partial charge in [-0.1, -0.05) is 30.2 Å². The molecule has 0 spiro atoms. The summed E-state index contributed by atoms with van der Waals surface area (Å²) < 4.78 is 1.60. The van der Waals surface area contributed by atoms with E-state index in [0.717, 1.165) is 5.39 Å². The molecule has 2 atom stereocenters. The van der Waals surface area contributed by atoms with Gasteiger partial charge in [-0.15, -0.1) is 6.42 Å². The second-order valence-corrected chi connectivity index (χ2v) is 8.21. The minimum Gasteiger partial charge on any atom is -0.384 e. The van der Waals surface area contributed by atoms with Gasteiger partial charge >= 0.3 is 0 Å². The van der Waals surface area contributed by atoms with Crippen LogP contribution >= 0.6 is 0 Å². The van der Waals surface area contributed by atoms with Gasteiger partial charge in [-0.3, -0.25) is 0 Å². The molecule has 8 nitrogen and oxygen atoms in total. The predicted molar refractivity (Wildman–Crippen MR) is 119 cm³/mol. The van der Waals surface area contributed by atoms with Crippen LogP contribution in [0.1, 0.15) is 32.0 Å². The summed E-state index contributed by atoms with van der Waals surface area (Å²) in [5, 5.41) is 30.4. The molecule has 0 amide bonds. The first-order chi connectivity index (χ1) is 14.6. The third-order valence-corrected chi connectivity index (χ3v) is 5.51. The number of aliphatic hydroxyl groups is 2. The molecule has 4 rings (SSSR count). The predicted octanol–water partition coefficient (Wildman–Crippen LogP) is 1.88. The van der Waals surface area contributed by atoms with Gasteiger partial charge in [-0.05, 0) is 44.7 Å². The summed E-state index contributed by atoms with van der Waals surface area (Å²) in [7, 11) is 0. The fourth-order valence-corrected chi connectivity index (χ4v) is 3.83. The highest BCUT2D eigenvalue weighted by atomic mass is 16.3. The van der Waals surface area contributed by atoms with Crippen molar-refractivity contribution in [3.05, 3.63) is 66.1 Å². The van der Waals surface area contributed by atoms with Gasteiger partial charge < -0.3 is 21.3 Å². The highest BCUT2D eigenvalue weighted by molar-refractivity contribution is 5.85. The van der Waals surface area contributed by atoms with Crippen LogP contribution in [0.2, 0.25) is 0 Å². The van der Waals surface area contributed by atoms with E-state index in [0.29, 0.717) is 22.6 Å². The molecule has 3 heterocycles. The van der Waals surface area contributed by atoms with Crippen molar-refractivity contribution in [2.75, 3.05) is 5.73 Å². The molecule has 1 aromatic carbocycles. The number of allylic oxidation sites excluding steroid dienone is 2. The van der Waals surface area contributed by atoms with Crippen LogP contribution in [0.15, 0.2) is 54.9 Å². The Balaban J connectivity index is 2.03. The minimum atomic E-state index is -1.54. The molecule has 1 aliphatic rings. The first-order valence-electron chi connectivity index (χ1n) is 9.76. The molecule has 0 aliphatic carbocycles. The fourth-order valence-electron chi connectivity index (χ4n) is 3.83. The lowest BCUT2D eigenvalue weighted by molar-refractivity contribution is 0.0425. The maximum Gasteiger partial charge on any atom is 0.221 e. The number of benzene rings is 1. The van der Waals surface area contributed by atoms with E-state index in [4.69, 9.17) is 12.2 Å². The third kappa shape index (κ3) is 3.24. The number of terminal acetylenes is 1. The molecule has 3 aromatic rings. The molecule has 2 aromatic heterocycles. The molecule has 0 radical (unpaired) electrons. The number of rotatable bonds is 4. The molecule has 0 saturated heterocycles. The molecular weight excluding hydrogens is 392 g/mol. The van der Waals surface area contributed by atoms with Crippen molar-refractivity contribution in [1.29, 1.82) is 0 Å². The van der Waals surface area contributed by atoms with E-state index in [-0.39, 0.29) is 5.95 Å². The minimum absolute atomic E-state index is 0.107. The SMILES string of the molecule is C#CC(C)(O)C1(c2ccc3c(C(C)(C)O)nn(-c4ccnc(N)n4)c3c2)C=CC=CN1. The largest absolute Gasteiger partial charge is 0.384 e. The first kappa shape index (κ1) is 20.6. The third-order valence-electron chi connectivity index (χ3n) is 5.51. The average molecular weight is 416 g/mol. The van der Waals surface area contributed by atoms with Crippen molar-refractivity contribution in [2.24, 2.45) is 0 Å². The standard InChI is InChI=1S/C23H24N6O2/c1-5-22(4,31)23(11-6-7-12-26-23)15-8-9-16-17(14-15)29(28-19(16)21(2,3)30)18-10-13-25-20(24)27-18/h1,6-14,26,30-31H,2-4H3,(H2,24,25,27). The van der Waals surface area contributed by atoms with Crippen molar-refractivity contribution in [2.45, 2.75) is 37.5 Å². The quantitative estimate of drug-likeness (QED) is 0.479. The van der Waals surface area contributed by atoms with E-state index in [2.05, 4.69) is 26.3 Å². The molecule has 158 valence electrons. The number of hydrogen-bond donors (Lipinski definition) is 4. The van der Waals surface area contributed by atoms with Crippen LogP contribution in [-0.2, 0) is 11.1 Å². The molecule has 5 N–H and O–H groups in total. The van der Waals surface area contributed by atoms with Gasteiger partial charge in [0.2, 0.25) is 5.95 Å². The highest BCUT2D eigenvalue weighted by Gasteiger charge is 2.46. The number of dihydropyridines is 1. The topological polar surface area (TPSA) is 122 Å². The van der Waals surface area contributed by atoms with Crippen molar-refractivity contribution >= 4 is 16.9 Å². The van der Waals surface area contributed by atoms with Crippen LogP contribution in [0.3, 0.4) is 0 Å². The summed E-state index contributed by atoms with van der Waals surface area (Å²) in [6, 6.07) is 7.27. The number of aromatic nitrogens is 4. The second kappa shape index (κ2) is 6.94. The Morgan fingerprint density at radius 1 is 1.19 bits per heavy atom. The van der Waals surface area contributed by atoms with Crippen LogP contribution in [0.5, 0.6) is 0 Å². The Morgan fingerprint density at radius 3 is 2.58 bits per heavy atom. The zero-order valence-corrected chi connectivity index (χ0v) is 17.5. The second-order valence-electron chi connectivity index (χ2n) is 8.21. The molecule has 0 fully saturated rings. The Hall–Kier alpha value is -3.67. The van der Waals surface area contributed by atoms with Gasteiger partial charge in [-0.25, -0.2) is 9.67 Å². The molecule has 1 aliphatic heterocycles. The van der Waals surface area contributed by atoms with Gasteiger partial charge in [0, 0.05) is 17.6 Å². The first-order valence-corrected chi connectivity index (χ1v) is 9.76. The lowest BCUT2D eigenvalue weighted by atomic mass is 9.74. The molecular formula is C23H24N6O2. The van der Waals surface area contributed by atoms with Crippen LogP contribution in [0.4, 0.5) is 5.95 Å². The Kier molecular flexibility index (Phi) is 4.61. The number of hydrogen-bond acceptors (Lipinski definition) is 7. The lowest BCUT2D eigenvalue weighted by Crippen LogP contribution is -2.56. The average Bonchev–Trinajstić information content (AvgIpc) is 3.13. The highest BCUT2D eigenvalue weighted by Crippen LogP contribution is 2.39. The smallest absolute Gasteiger partial charge is 0.221 e. The van der Waals surface area contributed by atoms with E-state index >= 15 is 0 Å². The van der Waals surface area contributed by atoms with Crippen molar-refractivity contribution in [3.63, 3.8) is 0 Å². The summed E-state index contributed by atoms with van der Waals surface area (Å²) in [5.41, 5.74) is 3.85. The number of nitrogens with zero attached hydrogens (tertiary/aromatic N) is 4. The van der Waals surface area contributed by atoms with Crippen LogP contribution in [0, 0.1) is 12.3 Å². The summed E-state index contributed by atoms with van der Waals surface area (Å²) in [6.45, 7) is 4.92. The van der Waals surface area contributed by atoms with E-state index in [1.54, 1.807) is 43.9 Å². The lowest BCUT2D eigenvalue weighted by Gasteiger charge is -2.42. The van der Waals surface area contributed by atoms with Crippen LogP contribution in [-0.4, -0.2) is 35.6 Å². The Labute approximate surface area is 180 Å². The Morgan fingerprint density at radius 2 is 1.97 bits per heavy atom. The Bertz CT molecular complexity index is 1260. The van der Waals surface area contributed by atoms with Crippen LogP contribution < -0.4 is 11.1 Å². The van der Waals surface area contributed by atoms with E-state index < -0.39 is 16.7 Å². The zero-order valence-electron chi connectivity index (χ0n) is 17.5. The van der Waals surface area contributed by atoms with E-state index in [1.165, 1.54) is 0 Å². The van der Waals surface area contributed by atoms with Crippen molar-refractivity contribution < 1.29 is 10.2 Å². The molecule has 31 heavy (non-hydrogen) atoms. The number of nitrogens with two attached hydrogens (primary N) is 1. The van der Waals surface area contributed by atoms with E-state index in [9.17, 15) is 10.2 Å². The van der Waals surface area contributed by atoms with Gasteiger partial charge in [-0.2, -0.15) is 10.1 Å². The number of anilines is 1. The van der Waals surface area contributed by atoms with Crippen LogP contribution in [0.25, 0.3) is 16.7 Å². The monoisotopic (exact) mass is 416 g/mol. The molecule has 2 unspecified atom stereocenters. The maximum absolute atomic E-state index is 11.1. The van der Waals surface area contributed by atoms with Crippen molar-refractivity contribution in [3.8, 4) is 18.2 Å². The number of nitrogens with one attached hydrogen (secondary N) is 1. The van der Waals surface area contributed by atoms with E-state index in [1.807, 2.05) is 36.4 Å². The van der Waals surface area contributed by atoms with Gasteiger partial charge in [0.25, 0.3) is 0 Å². The maximum atomic E-state index is 11.1. The van der Waals surface area contributed by atoms with Gasteiger partial charge in [0.15, 0.2) is 11.4 Å². The summed E-state index contributed by atoms with van der Waals surface area (Å²) in [4.78, 5) is 8.22.